The van der Waals surface area contributed by atoms with Gasteiger partial charge in [0.25, 0.3) is 0 Å². The molecule has 0 aliphatic rings. The Morgan fingerprint density at radius 1 is 0.547 bits per heavy atom. The van der Waals surface area contributed by atoms with Crippen molar-refractivity contribution in [3.05, 3.63) is 102 Å². The Morgan fingerprint density at radius 2 is 1.02 bits per heavy atom. The Labute approximate surface area is 341 Å². The van der Waals surface area contributed by atoms with Crippen molar-refractivity contribution >= 4 is 65.2 Å². The van der Waals surface area contributed by atoms with E-state index in [2.05, 4.69) is 124 Å². The van der Waals surface area contributed by atoms with Crippen molar-refractivity contribution in [2.45, 2.75) is 109 Å². The van der Waals surface area contributed by atoms with Crippen LogP contribution in [-0.4, -0.2) is 13.8 Å². The molecule has 0 atom stereocenters. The summed E-state index contributed by atoms with van der Waals surface area (Å²) in [6, 6.07) is 33.6. The monoisotopic (exact) mass is 806 g/mol. The number of hydrogen-bond donors (Lipinski definition) is 0. The van der Waals surface area contributed by atoms with Crippen LogP contribution in [0.15, 0.2) is 89.8 Å². The van der Waals surface area contributed by atoms with E-state index in [0.29, 0.717) is 0 Å². The average Bonchev–Trinajstić information content (AvgIpc) is 3.98. The van der Waals surface area contributed by atoms with Gasteiger partial charge < -0.3 is 0 Å². The third-order valence-electron chi connectivity index (χ3n) is 9.72. The van der Waals surface area contributed by atoms with E-state index in [4.69, 9.17) is 6.42 Å². The number of thioether (sulfide) groups is 1. The number of aryl methyl sites for hydroxylation is 2. The summed E-state index contributed by atoms with van der Waals surface area (Å²) in [4.78, 5) is 12.5. The predicted octanol–water partition coefficient (Wildman–Crippen LogP) is 16.9. The zero-order valence-corrected chi connectivity index (χ0v) is 37.3. The number of rotatable bonds is 19. The van der Waals surface area contributed by atoms with E-state index in [-0.39, 0.29) is 0 Å². The van der Waals surface area contributed by atoms with Gasteiger partial charge in [0.15, 0.2) is 0 Å². The van der Waals surface area contributed by atoms with Crippen LogP contribution in [0.3, 0.4) is 0 Å². The van der Waals surface area contributed by atoms with Crippen molar-refractivity contribution < 1.29 is 0 Å². The third kappa shape index (κ3) is 11.0. The smallest absolute Gasteiger partial charge is 0.0481 e. The number of hydrogen-bond acceptors (Lipinski definition) is 5. The lowest BCUT2D eigenvalue weighted by molar-refractivity contribution is 0.668. The highest BCUT2D eigenvalue weighted by Crippen LogP contribution is 2.47. The van der Waals surface area contributed by atoms with Crippen LogP contribution in [0.25, 0.3) is 50.1 Å². The van der Waals surface area contributed by atoms with Crippen molar-refractivity contribution in [2.75, 3.05) is 5.75 Å². The van der Waals surface area contributed by atoms with Gasteiger partial charge in [-0.3, -0.25) is 0 Å². The van der Waals surface area contributed by atoms with Crippen LogP contribution in [0.2, 0.25) is 25.7 Å². The van der Waals surface area contributed by atoms with Gasteiger partial charge in [0.1, 0.15) is 0 Å². The summed E-state index contributed by atoms with van der Waals surface area (Å²) in [5.74, 6) is 3.99. The van der Waals surface area contributed by atoms with E-state index in [1.54, 1.807) is 0 Å². The molecular weight excluding hydrogens is 753 g/mol. The zero-order chi connectivity index (χ0) is 37.2. The zero-order valence-electron chi connectivity index (χ0n) is 32.2. The summed E-state index contributed by atoms with van der Waals surface area (Å²) in [6.45, 7) is 12.0. The lowest BCUT2D eigenvalue weighted by Gasteiger charge is -2.14. The SMILES string of the molecule is C#Cc1ccc(-c2cc(CCCCCC)c(-c3ccc(-c4ccc(-c5sc(-c6ccc(SCC[Si](C)(C)C)cc6)cc5CCCCCC)s4)s3)s2)cc1. The number of thiophene rings is 4. The van der Waals surface area contributed by atoms with Crippen LogP contribution >= 0.6 is 57.1 Å². The molecule has 2 aromatic carbocycles. The van der Waals surface area contributed by atoms with Crippen LogP contribution < -0.4 is 0 Å². The van der Waals surface area contributed by atoms with Crippen molar-refractivity contribution in [2.24, 2.45) is 0 Å². The first kappa shape index (κ1) is 40.0. The molecule has 0 spiro atoms. The molecule has 0 amide bonds. The molecule has 276 valence electrons. The highest BCUT2D eigenvalue weighted by molar-refractivity contribution is 7.99. The van der Waals surface area contributed by atoms with Gasteiger partial charge in [0.05, 0.1) is 0 Å². The maximum absolute atomic E-state index is 5.65. The Bertz CT molecular complexity index is 2070. The summed E-state index contributed by atoms with van der Waals surface area (Å²) >= 11 is 9.85. The minimum Gasteiger partial charge on any atom is -0.134 e. The van der Waals surface area contributed by atoms with Gasteiger partial charge >= 0.3 is 0 Å². The van der Waals surface area contributed by atoms with Gasteiger partial charge in [-0.25, -0.2) is 0 Å². The number of unbranched alkanes of at least 4 members (excludes halogenated alkanes) is 6. The molecule has 0 aliphatic carbocycles. The second-order valence-electron chi connectivity index (χ2n) is 15.3. The van der Waals surface area contributed by atoms with E-state index in [1.807, 2.05) is 57.1 Å². The minimum absolute atomic E-state index is 0.933. The van der Waals surface area contributed by atoms with Gasteiger partial charge in [0.2, 0.25) is 0 Å². The highest BCUT2D eigenvalue weighted by Gasteiger charge is 2.19. The highest BCUT2D eigenvalue weighted by atomic mass is 32.2. The second kappa shape index (κ2) is 19.3. The Morgan fingerprint density at radius 3 is 1.47 bits per heavy atom. The maximum atomic E-state index is 5.65. The number of benzene rings is 2. The molecule has 0 N–H and O–H groups in total. The van der Waals surface area contributed by atoms with E-state index < -0.39 is 8.07 Å². The van der Waals surface area contributed by atoms with Crippen LogP contribution in [0, 0.1) is 12.3 Å². The topological polar surface area (TPSA) is 0 Å². The Balaban J connectivity index is 1.24. The molecule has 4 heterocycles. The fourth-order valence-corrected chi connectivity index (χ4v) is 14.8. The average molecular weight is 807 g/mol. The summed E-state index contributed by atoms with van der Waals surface area (Å²) < 4.78 is 0. The fraction of sp³-hybridized carbons (Fsp3) is 0.362. The molecule has 0 fully saturated rings. The maximum Gasteiger partial charge on any atom is 0.0481 e. The van der Waals surface area contributed by atoms with E-state index >= 15 is 0 Å². The molecule has 0 nitrogen and oxygen atoms in total. The van der Waals surface area contributed by atoms with Crippen molar-refractivity contribution in [1.82, 2.24) is 0 Å². The lowest BCUT2D eigenvalue weighted by atomic mass is 10.0. The largest absolute Gasteiger partial charge is 0.134 e. The van der Waals surface area contributed by atoms with E-state index in [0.717, 1.165) is 18.4 Å². The molecule has 4 aromatic heterocycles. The molecule has 0 saturated heterocycles. The minimum atomic E-state index is -1.01. The first-order valence-corrected chi connectivity index (χ1v) is 27.5. The Hall–Kier alpha value is -2.63. The molecule has 53 heavy (non-hydrogen) atoms. The van der Waals surface area contributed by atoms with E-state index in [1.165, 1.54) is 129 Å². The summed E-state index contributed by atoms with van der Waals surface area (Å²) in [6.07, 6.45) is 18.2. The molecule has 0 unspecified atom stereocenters. The van der Waals surface area contributed by atoms with Gasteiger partial charge in [-0.1, -0.05) is 102 Å². The number of terminal acetylenes is 1. The normalized spacial score (nSPS) is 11.7. The molecule has 0 radical (unpaired) electrons. The fourth-order valence-electron chi connectivity index (χ4n) is 6.52. The molecular formula is C47H54S5Si. The van der Waals surface area contributed by atoms with Crippen molar-refractivity contribution in [1.29, 1.82) is 0 Å². The molecule has 0 saturated carbocycles. The second-order valence-corrected chi connectivity index (χ2v) is 26.3. The first-order valence-electron chi connectivity index (χ1n) is 19.5. The lowest BCUT2D eigenvalue weighted by Crippen LogP contribution is -2.19. The van der Waals surface area contributed by atoms with Gasteiger partial charge in [-0.05, 0) is 120 Å². The quantitative estimate of drug-likeness (QED) is 0.0340. The van der Waals surface area contributed by atoms with Crippen LogP contribution in [-0.2, 0) is 12.8 Å². The summed E-state index contributed by atoms with van der Waals surface area (Å²) in [5.41, 5.74) is 6.53. The van der Waals surface area contributed by atoms with Gasteiger partial charge in [0, 0.05) is 57.5 Å². The summed E-state index contributed by atoms with van der Waals surface area (Å²) in [5, 5.41) is 0. The van der Waals surface area contributed by atoms with Crippen molar-refractivity contribution in [3.8, 4) is 62.5 Å². The van der Waals surface area contributed by atoms with E-state index in [9.17, 15) is 0 Å². The van der Waals surface area contributed by atoms with Gasteiger partial charge in [-0.15, -0.1) is 63.5 Å². The standard InChI is InChI=1S/C47H54S5Si/c1-7-10-12-14-16-37-32-44(35-20-18-34(9-3)19-21-35)51-46(37)42-28-26-40(49-42)41-27-29-43(50-41)47-38(17-15-13-11-8-2)33-45(52-47)36-22-24-39(25-23-36)48-30-31-53(4,5)6/h3,18-29,32-33H,7-8,10-17,30-31H2,1-2,4-6H3. The van der Waals surface area contributed by atoms with Crippen molar-refractivity contribution in [3.63, 3.8) is 0 Å². The van der Waals surface area contributed by atoms with Crippen LogP contribution in [0.1, 0.15) is 81.9 Å². The summed E-state index contributed by atoms with van der Waals surface area (Å²) in [7, 11) is -1.01. The first-order chi connectivity index (χ1) is 25.7. The van der Waals surface area contributed by atoms with Gasteiger partial charge in [-0.2, -0.15) is 0 Å². The molecule has 0 bridgehead atoms. The molecule has 6 rings (SSSR count). The molecule has 6 heteroatoms. The Kier molecular flexibility index (Phi) is 14.6. The predicted molar refractivity (Wildman–Crippen MR) is 248 cm³/mol. The third-order valence-corrected chi connectivity index (χ3v) is 18.0. The van der Waals surface area contributed by atoms with Crippen LogP contribution in [0.4, 0.5) is 0 Å². The van der Waals surface area contributed by atoms with Crippen LogP contribution in [0.5, 0.6) is 0 Å². The molecule has 0 aliphatic heterocycles. The molecule has 6 aromatic rings.